The number of hydrogen-bond donors (Lipinski definition) is 3. The Morgan fingerprint density at radius 2 is 1.85 bits per heavy atom. The van der Waals surface area contributed by atoms with Gasteiger partial charge in [-0.2, -0.15) is 0 Å². The average Bonchev–Trinajstić information content (AvgIpc) is 2.43. The van der Waals surface area contributed by atoms with E-state index in [1.165, 1.54) is 0 Å². The number of nitrogens with one attached hydrogen (secondary N) is 2. The van der Waals surface area contributed by atoms with Gasteiger partial charge in [0.25, 0.3) is 0 Å². The highest BCUT2D eigenvalue weighted by Crippen LogP contribution is 2.32. The fourth-order valence-corrected chi connectivity index (χ4v) is 2.77. The van der Waals surface area contributed by atoms with E-state index in [0.29, 0.717) is 24.1 Å². The van der Waals surface area contributed by atoms with Crippen LogP contribution < -0.4 is 16.6 Å². The maximum absolute atomic E-state index is 5.41. The summed E-state index contributed by atoms with van der Waals surface area (Å²) in [7, 11) is 1.59. The summed E-state index contributed by atoms with van der Waals surface area (Å²) in [6, 6.07) is 7.52. The minimum atomic E-state index is 0.307. The van der Waals surface area contributed by atoms with Crippen LogP contribution in [0.15, 0.2) is 33.2 Å². The number of hydrogen-bond acceptors (Lipinski definition) is 6. The van der Waals surface area contributed by atoms with Crippen LogP contribution in [0.1, 0.15) is 5.82 Å². The molecule has 0 radical (unpaired) electrons. The predicted octanol–water partition coefficient (Wildman–Crippen LogP) is 3.18. The first-order chi connectivity index (χ1) is 9.63. The van der Waals surface area contributed by atoms with Gasteiger partial charge in [0.2, 0.25) is 0 Å². The Balaban J connectivity index is 2.35. The molecule has 106 valence electrons. The quantitative estimate of drug-likeness (QED) is 0.526. The van der Waals surface area contributed by atoms with Gasteiger partial charge >= 0.3 is 0 Å². The first kappa shape index (κ1) is 15.2. The van der Waals surface area contributed by atoms with Crippen molar-refractivity contribution in [1.82, 2.24) is 9.97 Å². The Kier molecular flexibility index (Phi) is 5.30. The van der Waals surface area contributed by atoms with Crippen LogP contribution in [0.3, 0.4) is 0 Å². The molecule has 20 heavy (non-hydrogen) atoms. The van der Waals surface area contributed by atoms with Gasteiger partial charge in [0, 0.05) is 22.1 Å². The zero-order chi connectivity index (χ0) is 14.5. The Bertz CT molecular complexity index is 588. The zero-order valence-electron chi connectivity index (χ0n) is 10.7. The molecule has 4 N–H and O–H groups in total. The molecule has 0 atom stereocenters. The third-order valence-electron chi connectivity index (χ3n) is 2.41. The molecule has 2 aromatic rings. The topological polar surface area (TPSA) is 85.1 Å². The van der Waals surface area contributed by atoms with Crippen LogP contribution >= 0.6 is 31.9 Å². The summed E-state index contributed by atoms with van der Waals surface area (Å²) in [5, 5.41) is 3.22. The molecule has 0 fully saturated rings. The number of para-hydroxylation sites is 1. The van der Waals surface area contributed by atoms with E-state index in [1.54, 1.807) is 13.2 Å². The van der Waals surface area contributed by atoms with E-state index in [-0.39, 0.29) is 0 Å². The van der Waals surface area contributed by atoms with Gasteiger partial charge in [-0.15, -0.1) is 0 Å². The van der Waals surface area contributed by atoms with Crippen molar-refractivity contribution in [3.05, 3.63) is 39.0 Å². The lowest BCUT2D eigenvalue weighted by atomic mass is 10.3. The minimum Gasteiger partial charge on any atom is -0.377 e. The minimum absolute atomic E-state index is 0.307. The van der Waals surface area contributed by atoms with Crippen molar-refractivity contribution in [2.24, 2.45) is 5.84 Å². The molecule has 0 aliphatic rings. The summed E-state index contributed by atoms with van der Waals surface area (Å²) in [6.45, 7) is 0.307. The molecule has 2 rings (SSSR count). The fourth-order valence-electron chi connectivity index (χ4n) is 1.57. The summed E-state index contributed by atoms with van der Waals surface area (Å²) < 4.78 is 6.88. The third kappa shape index (κ3) is 3.66. The number of methoxy groups -OCH3 is 1. The summed E-state index contributed by atoms with van der Waals surface area (Å²) in [6.07, 6.45) is 0. The molecule has 0 unspecified atom stereocenters. The van der Waals surface area contributed by atoms with Crippen molar-refractivity contribution >= 4 is 49.2 Å². The van der Waals surface area contributed by atoms with E-state index in [1.807, 2.05) is 18.2 Å². The van der Waals surface area contributed by atoms with Gasteiger partial charge in [0.15, 0.2) is 5.82 Å². The van der Waals surface area contributed by atoms with Crippen LogP contribution in [-0.4, -0.2) is 17.1 Å². The molecule has 0 bridgehead atoms. The molecular weight excluding hydrogens is 390 g/mol. The molecule has 0 aliphatic carbocycles. The van der Waals surface area contributed by atoms with Crippen molar-refractivity contribution < 1.29 is 4.74 Å². The largest absolute Gasteiger partial charge is 0.377 e. The smallest absolute Gasteiger partial charge is 0.158 e. The Hall–Kier alpha value is -1.22. The summed E-state index contributed by atoms with van der Waals surface area (Å²) in [5.41, 5.74) is 3.38. The van der Waals surface area contributed by atoms with Crippen LogP contribution in [0.4, 0.5) is 17.3 Å². The first-order valence-electron chi connectivity index (χ1n) is 5.68. The van der Waals surface area contributed by atoms with Gasteiger partial charge in [-0.25, -0.2) is 15.8 Å². The van der Waals surface area contributed by atoms with E-state index in [9.17, 15) is 0 Å². The lowest BCUT2D eigenvalue weighted by Gasteiger charge is -2.12. The van der Waals surface area contributed by atoms with Crippen LogP contribution in [0.5, 0.6) is 0 Å². The maximum Gasteiger partial charge on any atom is 0.158 e. The molecule has 8 heteroatoms. The Labute approximate surface area is 133 Å². The van der Waals surface area contributed by atoms with E-state index in [4.69, 9.17) is 10.6 Å². The number of nitrogens with zero attached hydrogens (tertiary/aromatic N) is 2. The predicted molar refractivity (Wildman–Crippen MR) is 85.7 cm³/mol. The lowest BCUT2D eigenvalue weighted by molar-refractivity contribution is 0.178. The molecular formula is C12H13Br2N5O. The van der Waals surface area contributed by atoms with Crippen LogP contribution in [0.2, 0.25) is 0 Å². The van der Waals surface area contributed by atoms with Gasteiger partial charge < -0.3 is 15.5 Å². The normalized spacial score (nSPS) is 10.4. The SMILES string of the molecule is COCc1nc(NN)cc(Nc2c(Br)cccc2Br)n1. The summed E-state index contributed by atoms with van der Waals surface area (Å²) in [5.74, 6) is 7.08. The lowest BCUT2D eigenvalue weighted by Crippen LogP contribution is -2.12. The average molecular weight is 403 g/mol. The molecule has 0 saturated carbocycles. The van der Waals surface area contributed by atoms with E-state index in [0.717, 1.165) is 14.6 Å². The monoisotopic (exact) mass is 401 g/mol. The molecule has 1 heterocycles. The number of ether oxygens (including phenoxy) is 1. The maximum atomic E-state index is 5.41. The number of hydrazine groups is 1. The molecule has 6 nitrogen and oxygen atoms in total. The summed E-state index contributed by atoms with van der Waals surface area (Å²) >= 11 is 6.98. The molecule has 0 saturated heterocycles. The highest BCUT2D eigenvalue weighted by Gasteiger charge is 2.08. The second kappa shape index (κ2) is 6.98. The number of rotatable bonds is 5. The van der Waals surface area contributed by atoms with Crippen LogP contribution in [0, 0.1) is 0 Å². The Morgan fingerprint density at radius 3 is 2.45 bits per heavy atom. The standard InChI is InChI=1S/C12H13Br2N5O/c1-20-6-11-16-9(5-10(17-11)19-15)18-12-7(13)3-2-4-8(12)14/h2-5H,6,15H2,1H3,(H2,16,17,18,19). The highest BCUT2D eigenvalue weighted by atomic mass is 79.9. The molecule has 1 aromatic heterocycles. The van der Waals surface area contributed by atoms with Gasteiger partial charge in [-0.05, 0) is 44.0 Å². The van der Waals surface area contributed by atoms with E-state index >= 15 is 0 Å². The number of aromatic nitrogens is 2. The summed E-state index contributed by atoms with van der Waals surface area (Å²) in [4.78, 5) is 8.56. The van der Waals surface area contributed by atoms with Crippen LogP contribution in [0.25, 0.3) is 0 Å². The molecule has 0 spiro atoms. The number of nitrogen functional groups attached to an aromatic ring is 1. The van der Waals surface area contributed by atoms with Crippen LogP contribution in [-0.2, 0) is 11.3 Å². The molecule has 0 amide bonds. The number of nitrogens with two attached hydrogens (primary N) is 1. The van der Waals surface area contributed by atoms with Crippen molar-refractivity contribution in [2.45, 2.75) is 6.61 Å². The molecule has 0 aliphatic heterocycles. The van der Waals surface area contributed by atoms with E-state index < -0.39 is 0 Å². The van der Waals surface area contributed by atoms with Crippen molar-refractivity contribution in [2.75, 3.05) is 17.9 Å². The van der Waals surface area contributed by atoms with Crippen molar-refractivity contribution in [1.29, 1.82) is 0 Å². The van der Waals surface area contributed by atoms with Crippen molar-refractivity contribution in [3.8, 4) is 0 Å². The number of halogens is 2. The highest BCUT2D eigenvalue weighted by molar-refractivity contribution is 9.11. The number of benzene rings is 1. The van der Waals surface area contributed by atoms with Gasteiger partial charge in [-0.1, -0.05) is 6.07 Å². The van der Waals surface area contributed by atoms with Gasteiger partial charge in [-0.3, -0.25) is 0 Å². The third-order valence-corrected chi connectivity index (χ3v) is 3.73. The van der Waals surface area contributed by atoms with E-state index in [2.05, 4.69) is 52.6 Å². The molecule has 1 aromatic carbocycles. The first-order valence-corrected chi connectivity index (χ1v) is 7.27. The second-order valence-electron chi connectivity index (χ2n) is 3.85. The number of anilines is 3. The zero-order valence-corrected chi connectivity index (χ0v) is 13.8. The van der Waals surface area contributed by atoms with Gasteiger partial charge in [0.05, 0.1) is 5.69 Å². The second-order valence-corrected chi connectivity index (χ2v) is 5.56. The van der Waals surface area contributed by atoms with Gasteiger partial charge in [0.1, 0.15) is 18.2 Å². The fraction of sp³-hybridized carbons (Fsp3) is 0.167. The van der Waals surface area contributed by atoms with Crippen molar-refractivity contribution in [3.63, 3.8) is 0 Å². The Morgan fingerprint density at radius 1 is 1.20 bits per heavy atom.